The van der Waals surface area contributed by atoms with Crippen molar-refractivity contribution < 1.29 is 14.3 Å². The summed E-state index contributed by atoms with van der Waals surface area (Å²) in [5, 5.41) is 4.67. The Balaban J connectivity index is 1.57. The summed E-state index contributed by atoms with van der Waals surface area (Å²) in [5.41, 5.74) is 2.94. The molecule has 2 aromatic rings. The number of amides is 1. The predicted octanol–water partition coefficient (Wildman–Crippen LogP) is 1.64. The van der Waals surface area contributed by atoms with Gasteiger partial charge in [-0.3, -0.25) is 9.78 Å². The van der Waals surface area contributed by atoms with E-state index in [9.17, 15) is 4.79 Å². The first-order valence-electron chi connectivity index (χ1n) is 7.11. The largest absolute Gasteiger partial charge is 0.379 e. The predicted molar refractivity (Wildman–Crippen MR) is 81.6 cm³/mol. The molecule has 3 heterocycles. The number of nitrogens with one attached hydrogen (secondary N) is 1. The second-order valence-electron chi connectivity index (χ2n) is 4.99. The van der Waals surface area contributed by atoms with Gasteiger partial charge in [0.1, 0.15) is 5.69 Å². The summed E-state index contributed by atoms with van der Waals surface area (Å²) in [6.45, 7) is 1.51. The average Bonchev–Trinajstić information content (AvgIpc) is 3.10. The number of ether oxygens (including phenoxy) is 2. The van der Waals surface area contributed by atoms with E-state index in [1.54, 1.807) is 17.1 Å². The van der Waals surface area contributed by atoms with E-state index >= 15 is 0 Å². The van der Waals surface area contributed by atoms with E-state index in [2.05, 4.69) is 15.3 Å². The molecule has 1 aliphatic rings. The number of pyridine rings is 1. The van der Waals surface area contributed by atoms with Crippen LogP contribution in [-0.4, -0.2) is 41.2 Å². The Labute approximate surface area is 132 Å². The third kappa shape index (κ3) is 3.88. The lowest BCUT2D eigenvalue weighted by atomic mass is 10.1. The lowest BCUT2D eigenvalue weighted by Gasteiger charge is -2.31. The molecule has 1 aliphatic heterocycles. The molecular weight excluding hydrogens is 302 g/mol. The van der Waals surface area contributed by atoms with Crippen LogP contribution in [0.3, 0.4) is 0 Å². The first-order chi connectivity index (χ1) is 10.8. The number of aromatic nitrogens is 2. The Morgan fingerprint density at radius 2 is 2.41 bits per heavy atom. The summed E-state index contributed by atoms with van der Waals surface area (Å²) < 4.78 is 11.4. The van der Waals surface area contributed by atoms with Crippen LogP contribution < -0.4 is 5.32 Å². The zero-order valence-electron chi connectivity index (χ0n) is 12.0. The van der Waals surface area contributed by atoms with Gasteiger partial charge < -0.3 is 14.8 Å². The summed E-state index contributed by atoms with van der Waals surface area (Å²) in [5.74, 6) is -0.191. The standard InChI is InChI=1S/C15H17N3O3S/c19-15(13-9-22-10-17-13)18-12-8-20-6-4-14(12)21-7-11-3-1-2-5-16-11/h1-3,5,9-10,12,14H,4,6-8H2,(H,18,19)/t12-,14-/m1/s1. The molecule has 0 bridgehead atoms. The van der Waals surface area contributed by atoms with Crippen molar-refractivity contribution in [1.29, 1.82) is 0 Å². The van der Waals surface area contributed by atoms with Crippen molar-refractivity contribution in [1.82, 2.24) is 15.3 Å². The Hall–Kier alpha value is -1.83. The van der Waals surface area contributed by atoms with Gasteiger partial charge in [0.2, 0.25) is 0 Å². The fourth-order valence-corrected chi connectivity index (χ4v) is 2.83. The molecule has 7 heteroatoms. The third-order valence-electron chi connectivity index (χ3n) is 3.45. The van der Waals surface area contributed by atoms with Crippen molar-refractivity contribution in [3.05, 3.63) is 46.7 Å². The maximum absolute atomic E-state index is 12.1. The quantitative estimate of drug-likeness (QED) is 0.907. The average molecular weight is 319 g/mol. The van der Waals surface area contributed by atoms with Gasteiger partial charge >= 0.3 is 0 Å². The van der Waals surface area contributed by atoms with Gasteiger partial charge in [0.15, 0.2) is 0 Å². The molecule has 0 aliphatic carbocycles. The zero-order valence-corrected chi connectivity index (χ0v) is 12.8. The normalized spacial score (nSPS) is 21.5. The van der Waals surface area contributed by atoms with E-state index in [1.165, 1.54) is 11.3 Å². The molecule has 0 saturated carbocycles. The summed E-state index contributed by atoms with van der Waals surface area (Å²) in [7, 11) is 0. The Kier molecular flexibility index (Phi) is 5.10. The van der Waals surface area contributed by atoms with Crippen LogP contribution in [0.4, 0.5) is 0 Å². The van der Waals surface area contributed by atoms with Crippen molar-refractivity contribution in [3.8, 4) is 0 Å². The van der Waals surface area contributed by atoms with Gasteiger partial charge in [-0.15, -0.1) is 11.3 Å². The molecule has 0 spiro atoms. The van der Waals surface area contributed by atoms with Crippen LogP contribution in [0, 0.1) is 0 Å². The van der Waals surface area contributed by atoms with Crippen molar-refractivity contribution in [2.75, 3.05) is 13.2 Å². The van der Waals surface area contributed by atoms with Crippen molar-refractivity contribution >= 4 is 17.2 Å². The van der Waals surface area contributed by atoms with Gasteiger partial charge in [0.25, 0.3) is 5.91 Å². The third-order valence-corrected chi connectivity index (χ3v) is 4.03. The first kappa shape index (κ1) is 15.1. The summed E-state index contributed by atoms with van der Waals surface area (Å²) in [6.07, 6.45) is 2.40. The lowest BCUT2D eigenvalue weighted by Crippen LogP contribution is -2.50. The van der Waals surface area contributed by atoms with E-state index < -0.39 is 0 Å². The second-order valence-corrected chi connectivity index (χ2v) is 5.71. The zero-order chi connectivity index (χ0) is 15.2. The van der Waals surface area contributed by atoms with Crippen LogP contribution >= 0.6 is 11.3 Å². The van der Waals surface area contributed by atoms with Crippen molar-refractivity contribution in [3.63, 3.8) is 0 Å². The van der Waals surface area contributed by atoms with Crippen LogP contribution in [0.2, 0.25) is 0 Å². The molecule has 0 aromatic carbocycles. The number of carbonyl (C=O) groups is 1. The van der Waals surface area contributed by atoms with Gasteiger partial charge in [-0.2, -0.15) is 0 Å². The molecule has 1 N–H and O–H groups in total. The van der Waals surface area contributed by atoms with Gasteiger partial charge in [0, 0.05) is 18.2 Å². The van der Waals surface area contributed by atoms with Crippen LogP contribution in [0.15, 0.2) is 35.3 Å². The monoisotopic (exact) mass is 319 g/mol. The molecule has 116 valence electrons. The highest BCUT2D eigenvalue weighted by atomic mass is 32.1. The minimum Gasteiger partial charge on any atom is -0.379 e. The highest BCUT2D eigenvalue weighted by molar-refractivity contribution is 7.07. The van der Waals surface area contributed by atoms with Crippen LogP contribution in [0.25, 0.3) is 0 Å². The minimum absolute atomic E-state index is 0.0849. The molecule has 3 rings (SSSR count). The molecule has 1 saturated heterocycles. The maximum Gasteiger partial charge on any atom is 0.271 e. The Bertz CT molecular complexity index is 591. The molecule has 2 aromatic heterocycles. The van der Waals surface area contributed by atoms with Gasteiger partial charge in [-0.05, 0) is 18.6 Å². The van der Waals surface area contributed by atoms with Crippen LogP contribution in [0.1, 0.15) is 22.6 Å². The van der Waals surface area contributed by atoms with E-state index in [0.717, 1.165) is 12.1 Å². The molecule has 6 nitrogen and oxygen atoms in total. The van der Waals surface area contributed by atoms with Gasteiger partial charge in [-0.25, -0.2) is 4.98 Å². The number of rotatable bonds is 5. The minimum atomic E-state index is -0.191. The Morgan fingerprint density at radius 3 is 3.18 bits per heavy atom. The van der Waals surface area contributed by atoms with E-state index in [4.69, 9.17) is 9.47 Å². The second kappa shape index (κ2) is 7.44. The number of hydrogen-bond donors (Lipinski definition) is 1. The smallest absolute Gasteiger partial charge is 0.271 e. The fourth-order valence-electron chi connectivity index (χ4n) is 2.30. The molecule has 2 atom stereocenters. The first-order valence-corrected chi connectivity index (χ1v) is 8.05. The number of thiazole rings is 1. The number of nitrogens with zero attached hydrogens (tertiary/aromatic N) is 2. The molecule has 22 heavy (non-hydrogen) atoms. The highest BCUT2D eigenvalue weighted by Crippen LogP contribution is 2.14. The van der Waals surface area contributed by atoms with Crippen LogP contribution in [0.5, 0.6) is 0 Å². The van der Waals surface area contributed by atoms with Crippen molar-refractivity contribution in [2.24, 2.45) is 0 Å². The number of carbonyl (C=O) groups excluding carboxylic acids is 1. The Morgan fingerprint density at radius 1 is 1.45 bits per heavy atom. The van der Waals surface area contributed by atoms with E-state index in [1.807, 2.05) is 18.2 Å². The van der Waals surface area contributed by atoms with E-state index in [0.29, 0.717) is 25.5 Å². The van der Waals surface area contributed by atoms with E-state index in [-0.39, 0.29) is 18.1 Å². The summed E-state index contributed by atoms with van der Waals surface area (Å²) in [6, 6.07) is 5.54. The summed E-state index contributed by atoms with van der Waals surface area (Å²) in [4.78, 5) is 20.4. The molecule has 1 amide bonds. The SMILES string of the molecule is O=C(N[C@@H]1COCC[C@H]1OCc1ccccn1)c1cscn1. The molecular formula is C15H17N3O3S. The lowest BCUT2D eigenvalue weighted by molar-refractivity contribution is -0.0613. The van der Waals surface area contributed by atoms with Gasteiger partial charge in [0.05, 0.1) is 36.6 Å². The van der Waals surface area contributed by atoms with Crippen molar-refractivity contribution in [2.45, 2.75) is 25.2 Å². The fraction of sp³-hybridized carbons (Fsp3) is 0.400. The topological polar surface area (TPSA) is 73.3 Å². The van der Waals surface area contributed by atoms with Crippen LogP contribution in [-0.2, 0) is 16.1 Å². The molecule has 0 radical (unpaired) electrons. The molecule has 0 unspecified atom stereocenters. The maximum atomic E-state index is 12.1. The number of hydrogen-bond acceptors (Lipinski definition) is 6. The summed E-state index contributed by atoms with van der Waals surface area (Å²) >= 11 is 1.40. The highest BCUT2D eigenvalue weighted by Gasteiger charge is 2.28. The van der Waals surface area contributed by atoms with Gasteiger partial charge in [-0.1, -0.05) is 6.07 Å². The molecule has 1 fully saturated rings.